The van der Waals surface area contributed by atoms with Crippen LogP contribution < -0.4 is 5.73 Å². The van der Waals surface area contributed by atoms with Gasteiger partial charge < -0.3 is 15.6 Å². The largest absolute Gasteiger partial charge is 0.481 e. The maximum Gasteiger partial charge on any atom is 0.306 e. The fourth-order valence-corrected chi connectivity index (χ4v) is 3.10. The molecular weight excluding hydrogens is 330 g/mol. The van der Waals surface area contributed by atoms with E-state index in [4.69, 9.17) is 9.84 Å². The van der Waals surface area contributed by atoms with Crippen molar-refractivity contribution in [2.24, 2.45) is 11.8 Å². The van der Waals surface area contributed by atoms with Gasteiger partial charge in [0.15, 0.2) is 0 Å². The van der Waals surface area contributed by atoms with Crippen LogP contribution in [0.25, 0.3) is 0 Å². The average molecular weight is 365 g/mol. The van der Waals surface area contributed by atoms with Crippen molar-refractivity contribution in [3.63, 3.8) is 0 Å². The SMILES string of the molecule is CC(C)(C)OC(=O)C[C@@H]1CCC[C@H](C(=O)O)C1.C[C@H]([NH3+])c1ccccc1. The molecule has 0 aromatic heterocycles. The Kier molecular flexibility index (Phi) is 8.79. The topological polar surface area (TPSA) is 91.2 Å². The van der Waals surface area contributed by atoms with Gasteiger partial charge in [-0.2, -0.15) is 0 Å². The van der Waals surface area contributed by atoms with Crippen molar-refractivity contribution in [1.29, 1.82) is 0 Å². The first kappa shape index (κ1) is 22.2. The molecular formula is C21H34NO4+. The molecule has 5 nitrogen and oxygen atoms in total. The number of hydrogen-bond donors (Lipinski definition) is 2. The maximum atomic E-state index is 11.6. The summed E-state index contributed by atoms with van der Waals surface area (Å²) in [6.07, 6.45) is 3.52. The van der Waals surface area contributed by atoms with Crippen molar-refractivity contribution >= 4 is 11.9 Å². The molecule has 1 aliphatic rings. The van der Waals surface area contributed by atoms with Crippen LogP contribution in [0, 0.1) is 11.8 Å². The second kappa shape index (κ2) is 10.3. The van der Waals surface area contributed by atoms with Crippen LogP contribution in [0.3, 0.4) is 0 Å². The number of carbonyl (C=O) groups excluding carboxylic acids is 1. The molecule has 1 aromatic rings. The van der Waals surface area contributed by atoms with Gasteiger partial charge in [-0.25, -0.2) is 0 Å². The zero-order chi connectivity index (χ0) is 19.7. The van der Waals surface area contributed by atoms with Crippen LogP contribution in [0.5, 0.6) is 0 Å². The van der Waals surface area contributed by atoms with Crippen LogP contribution in [-0.4, -0.2) is 22.6 Å². The molecule has 0 unspecified atom stereocenters. The highest BCUT2D eigenvalue weighted by molar-refractivity contribution is 5.71. The summed E-state index contributed by atoms with van der Waals surface area (Å²) in [6, 6.07) is 10.7. The van der Waals surface area contributed by atoms with Crippen molar-refractivity contribution in [3.05, 3.63) is 35.9 Å². The van der Waals surface area contributed by atoms with Gasteiger partial charge >= 0.3 is 11.9 Å². The van der Waals surface area contributed by atoms with E-state index in [0.717, 1.165) is 19.3 Å². The number of carboxylic acids is 1. The van der Waals surface area contributed by atoms with Crippen LogP contribution in [0.4, 0.5) is 0 Å². The number of carboxylic acid groups (broad SMARTS) is 1. The van der Waals surface area contributed by atoms with Gasteiger partial charge in [0.1, 0.15) is 11.6 Å². The Hall–Kier alpha value is -1.88. The summed E-state index contributed by atoms with van der Waals surface area (Å²) in [5.74, 6) is -1.07. The second-order valence-electron chi connectivity index (χ2n) is 8.17. The van der Waals surface area contributed by atoms with Crippen molar-refractivity contribution in [3.8, 4) is 0 Å². The van der Waals surface area contributed by atoms with Gasteiger partial charge in [-0.3, -0.25) is 9.59 Å². The van der Waals surface area contributed by atoms with Crippen molar-refractivity contribution in [1.82, 2.24) is 0 Å². The third-order valence-electron chi connectivity index (χ3n) is 4.38. The molecule has 1 aliphatic carbocycles. The van der Waals surface area contributed by atoms with E-state index in [1.54, 1.807) is 0 Å². The lowest BCUT2D eigenvalue weighted by Crippen LogP contribution is -2.51. The van der Waals surface area contributed by atoms with Crippen LogP contribution in [-0.2, 0) is 14.3 Å². The van der Waals surface area contributed by atoms with E-state index in [0.29, 0.717) is 18.9 Å². The number of benzene rings is 1. The molecule has 0 heterocycles. The first-order valence-electron chi connectivity index (χ1n) is 9.41. The monoisotopic (exact) mass is 364 g/mol. The fourth-order valence-electron chi connectivity index (χ4n) is 3.10. The number of quaternary nitrogens is 1. The Morgan fingerprint density at radius 2 is 1.85 bits per heavy atom. The molecule has 1 saturated carbocycles. The molecule has 4 N–H and O–H groups in total. The zero-order valence-corrected chi connectivity index (χ0v) is 16.5. The minimum Gasteiger partial charge on any atom is -0.481 e. The van der Waals surface area contributed by atoms with Crippen LogP contribution >= 0.6 is 0 Å². The third-order valence-corrected chi connectivity index (χ3v) is 4.38. The van der Waals surface area contributed by atoms with Gasteiger partial charge in [-0.05, 0) is 52.9 Å². The van der Waals surface area contributed by atoms with Crippen molar-refractivity contribution in [2.75, 3.05) is 0 Å². The fraction of sp³-hybridized carbons (Fsp3) is 0.619. The number of hydrogen-bond acceptors (Lipinski definition) is 3. The van der Waals surface area contributed by atoms with Crippen LogP contribution in [0.15, 0.2) is 30.3 Å². The predicted octanol–water partition coefficient (Wildman–Crippen LogP) is 3.60. The van der Waals surface area contributed by atoms with Crippen LogP contribution in [0.1, 0.15) is 71.4 Å². The molecule has 2 rings (SSSR count). The molecule has 26 heavy (non-hydrogen) atoms. The summed E-state index contributed by atoms with van der Waals surface area (Å²) in [5.41, 5.74) is 4.75. The number of rotatable bonds is 4. The summed E-state index contributed by atoms with van der Waals surface area (Å²) in [7, 11) is 0. The summed E-state index contributed by atoms with van der Waals surface area (Å²) in [4.78, 5) is 22.5. The number of carbonyl (C=O) groups is 2. The lowest BCUT2D eigenvalue weighted by atomic mass is 9.80. The highest BCUT2D eigenvalue weighted by atomic mass is 16.6. The molecule has 5 heteroatoms. The van der Waals surface area contributed by atoms with E-state index in [9.17, 15) is 9.59 Å². The number of ether oxygens (including phenoxy) is 1. The summed E-state index contributed by atoms with van der Waals surface area (Å²) < 4.78 is 5.25. The quantitative estimate of drug-likeness (QED) is 0.799. The smallest absolute Gasteiger partial charge is 0.306 e. The lowest BCUT2D eigenvalue weighted by Gasteiger charge is -2.27. The minimum atomic E-state index is -0.737. The van der Waals surface area contributed by atoms with E-state index in [1.165, 1.54) is 5.56 Å². The zero-order valence-electron chi connectivity index (χ0n) is 16.5. The summed E-state index contributed by atoms with van der Waals surface area (Å²) in [6.45, 7) is 7.61. The van der Waals surface area contributed by atoms with Gasteiger partial charge in [0, 0.05) is 12.0 Å². The average Bonchev–Trinajstić information content (AvgIpc) is 2.54. The number of esters is 1. The standard InChI is InChI=1S/C13H22O4.C8H11N/c1-13(2,3)17-11(14)8-9-5-4-6-10(7-9)12(15)16;1-7(9)8-5-3-2-4-6-8/h9-10H,4-8H2,1-3H3,(H,15,16);2-7H,9H2,1H3/p+1/t9-,10+;7-/m10/s1. The molecule has 0 radical (unpaired) electrons. The Labute approximate surface area is 156 Å². The van der Waals surface area contributed by atoms with Gasteiger partial charge in [-0.15, -0.1) is 0 Å². The van der Waals surface area contributed by atoms with E-state index < -0.39 is 11.6 Å². The third kappa shape index (κ3) is 8.99. The molecule has 0 bridgehead atoms. The van der Waals surface area contributed by atoms with Gasteiger partial charge in [0.2, 0.25) is 0 Å². The molecule has 1 aromatic carbocycles. The molecule has 1 fully saturated rings. The molecule has 0 amide bonds. The van der Waals surface area contributed by atoms with Gasteiger partial charge in [-0.1, -0.05) is 36.8 Å². The van der Waals surface area contributed by atoms with Crippen molar-refractivity contribution in [2.45, 2.75) is 71.4 Å². The van der Waals surface area contributed by atoms with E-state index >= 15 is 0 Å². The molecule has 0 spiro atoms. The summed E-state index contributed by atoms with van der Waals surface area (Å²) >= 11 is 0. The highest BCUT2D eigenvalue weighted by Crippen LogP contribution is 2.31. The van der Waals surface area contributed by atoms with Gasteiger partial charge in [0.05, 0.1) is 5.92 Å². The lowest BCUT2D eigenvalue weighted by molar-refractivity contribution is -0.420. The number of aliphatic carboxylic acids is 1. The first-order chi connectivity index (χ1) is 12.1. The minimum absolute atomic E-state index is 0.166. The Balaban J connectivity index is 0.000000314. The highest BCUT2D eigenvalue weighted by Gasteiger charge is 2.29. The van der Waals surface area contributed by atoms with Crippen molar-refractivity contribution < 1.29 is 25.2 Å². The molecule has 146 valence electrons. The molecule has 0 aliphatic heterocycles. The molecule has 0 saturated heterocycles. The summed E-state index contributed by atoms with van der Waals surface area (Å²) in [5, 5.41) is 8.96. The Bertz CT molecular complexity index is 563. The Morgan fingerprint density at radius 3 is 2.31 bits per heavy atom. The first-order valence-corrected chi connectivity index (χ1v) is 9.41. The van der Waals surface area contributed by atoms with E-state index in [2.05, 4.69) is 24.8 Å². The predicted molar refractivity (Wildman–Crippen MR) is 101 cm³/mol. The van der Waals surface area contributed by atoms with E-state index in [1.807, 2.05) is 39.0 Å². The van der Waals surface area contributed by atoms with E-state index in [-0.39, 0.29) is 17.8 Å². The molecule has 3 atom stereocenters. The Morgan fingerprint density at radius 1 is 1.23 bits per heavy atom. The van der Waals surface area contributed by atoms with Gasteiger partial charge in [0.25, 0.3) is 0 Å². The second-order valence-corrected chi connectivity index (χ2v) is 8.17. The van der Waals surface area contributed by atoms with Crippen LogP contribution in [0.2, 0.25) is 0 Å². The maximum absolute atomic E-state index is 11.6. The normalized spacial score (nSPS) is 21.1.